The van der Waals surface area contributed by atoms with Gasteiger partial charge in [-0.1, -0.05) is 39.0 Å². The SMILES string of the molecule is CCC(C)(C)N(C(=O)C(CC(C)C)NC(=O)OC(C)(C)C)C(C(=O)NC(C)C)c1cccc(C)c1C. The van der Waals surface area contributed by atoms with Gasteiger partial charge in [0.1, 0.15) is 17.7 Å². The van der Waals surface area contributed by atoms with Crippen molar-refractivity contribution < 1.29 is 19.1 Å². The number of ether oxygens (including phenoxy) is 1. The second-order valence-corrected chi connectivity index (χ2v) is 12.1. The average Bonchev–Trinajstić information content (AvgIpc) is 2.71. The van der Waals surface area contributed by atoms with E-state index in [0.717, 1.165) is 16.7 Å². The van der Waals surface area contributed by atoms with E-state index in [2.05, 4.69) is 10.6 Å². The lowest BCUT2D eigenvalue weighted by molar-refractivity contribution is -0.149. The summed E-state index contributed by atoms with van der Waals surface area (Å²) in [6.07, 6.45) is 0.390. The van der Waals surface area contributed by atoms with E-state index in [1.54, 1.807) is 25.7 Å². The first-order valence-electron chi connectivity index (χ1n) is 13.1. The first kappa shape index (κ1) is 31.5. The molecular formula is C29H49N3O4. The van der Waals surface area contributed by atoms with Crippen LogP contribution in [0.2, 0.25) is 0 Å². The molecule has 2 N–H and O–H groups in total. The third-order valence-corrected chi connectivity index (χ3v) is 6.33. The molecule has 1 aromatic carbocycles. The van der Waals surface area contributed by atoms with Gasteiger partial charge in [-0.25, -0.2) is 4.79 Å². The van der Waals surface area contributed by atoms with Gasteiger partial charge in [0.15, 0.2) is 0 Å². The number of aryl methyl sites for hydroxylation is 1. The molecule has 0 radical (unpaired) electrons. The lowest BCUT2D eigenvalue weighted by Gasteiger charge is -2.45. The van der Waals surface area contributed by atoms with Crippen molar-refractivity contribution in [1.29, 1.82) is 0 Å². The number of amides is 3. The van der Waals surface area contributed by atoms with E-state index in [-0.39, 0.29) is 23.8 Å². The number of nitrogens with one attached hydrogen (secondary N) is 2. The van der Waals surface area contributed by atoms with E-state index in [1.807, 2.05) is 80.5 Å². The van der Waals surface area contributed by atoms with Crippen LogP contribution in [0.15, 0.2) is 18.2 Å². The fourth-order valence-electron chi connectivity index (χ4n) is 4.09. The molecule has 1 rings (SSSR count). The van der Waals surface area contributed by atoms with Crippen LogP contribution >= 0.6 is 0 Å². The van der Waals surface area contributed by atoms with Gasteiger partial charge in [-0.2, -0.15) is 0 Å². The maximum atomic E-state index is 14.4. The Morgan fingerprint density at radius 2 is 1.56 bits per heavy atom. The topological polar surface area (TPSA) is 87.7 Å². The molecule has 36 heavy (non-hydrogen) atoms. The van der Waals surface area contributed by atoms with Crippen LogP contribution in [0.1, 0.15) is 105 Å². The molecule has 0 aliphatic heterocycles. The summed E-state index contributed by atoms with van der Waals surface area (Å²) in [6, 6.07) is 4.03. The van der Waals surface area contributed by atoms with Crippen molar-refractivity contribution in [2.45, 2.75) is 125 Å². The minimum Gasteiger partial charge on any atom is -0.444 e. The van der Waals surface area contributed by atoms with Crippen molar-refractivity contribution in [3.8, 4) is 0 Å². The van der Waals surface area contributed by atoms with Crippen LogP contribution in [0, 0.1) is 19.8 Å². The van der Waals surface area contributed by atoms with E-state index < -0.39 is 29.3 Å². The summed E-state index contributed by atoms with van der Waals surface area (Å²) in [6.45, 7) is 23.1. The number of carbonyl (C=O) groups is 3. The third-order valence-electron chi connectivity index (χ3n) is 6.33. The molecule has 0 bridgehead atoms. The molecule has 204 valence electrons. The molecule has 7 heteroatoms. The molecule has 0 aliphatic carbocycles. The largest absolute Gasteiger partial charge is 0.444 e. The average molecular weight is 504 g/mol. The Morgan fingerprint density at radius 1 is 0.972 bits per heavy atom. The molecule has 1 aromatic rings. The standard InChI is InChI=1S/C29H49N3O4/c1-13-29(11,12)32(26(34)23(17-18(2)3)31-27(35)36-28(8,9)10)24(25(33)30-19(4)5)22-16-14-15-20(6)21(22)7/h14-16,18-19,23-24H,13,17H2,1-12H3,(H,30,33)(H,31,35). The summed E-state index contributed by atoms with van der Waals surface area (Å²) in [4.78, 5) is 42.5. The van der Waals surface area contributed by atoms with E-state index in [1.165, 1.54) is 0 Å². The normalized spacial score (nSPS) is 13.8. The minimum atomic E-state index is -0.857. The molecule has 7 nitrogen and oxygen atoms in total. The Balaban J connectivity index is 3.72. The summed E-state index contributed by atoms with van der Waals surface area (Å²) in [5, 5.41) is 5.84. The van der Waals surface area contributed by atoms with Gasteiger partial charge >= 0.3 is 6.09 Å². The first-order chi connectivity index (χ1) is 16.4. The van der Waals surface area contributed by atoms with Gasteiger partial charge < -0.3 is 20.3 Å². The molecule has 0 spiro atoms. The highest BCUT2D eigenvalue weighted by Gasteiger charge is 2.43. The van der Waals surface area contributed by atoms with Crippen LogP contribution in [-0.4, -0.2) is 46.0 Å². The fraction of sp³-hybridized carbons (Fsp3) is 0.690. The number of rotatable bonds is 10. The Hall–Kier alpha value is -2.57. The molecule has 0 saturated carbocycles. The Morgan fingerprint density at radius 3 is 2.03 bits per heavy atom. The van der Waals surface area contributed by atoms with Gasteiger partial charge in [-0.15, -0.1) is 0 Å². The van der Waals surface area contributed by atoms with Crippen LogP contribution in [0.5, 0.6) is 0 Å². The predicted octanol–water partition coefficient (Wildman–Crippen LogP) is 5.83. The maximum Gasteiger partial charge on any atom is 0.408 e. The van der Waals surface area contributed by atoms with Gasteiger partial charge in [0, 0.05) is 11.6 Å². The van der Waals surface area contributed by atoms with Crippen molar-refractivity contribution >= 4 is 17.9 Å². The van der Waals surface area contributed by atoms with Crippen molar-refractivity contribution in [3.63, 3.8) is 0 Å². The smallest absolute Gasteiger partial charge is 0.408 e. The summed E-state index contributed by atoms with van der Waals surface area (Å²) in [7, 11) is 0. The van der Waals surface area contributed by atoms with E-state index in [4.69, 9.17) is 4.74 Å². The van der Waals surface area contributed by atoms with Crippen molar-refractivity contribution in [2.75, 3.05) is 0 Å². The van der Waals surface area contributed by atoms with E-state index in [0.29, 0.717) is 12.8 Å². The van der Waals surface area contributed by atoms with Crippen molar-refractivity contribution in [2.24, 2.45) is 5.92 Å². The summed E-state index contributed by atoms with van der Waals surface area (Å²) in [5.41, 5.74) is 1.42. The maximum absolute atomic E-state index is 14.4. The highest BCUT2D eigenvalue weighted by atomic mass is 16.6. The molecular weight excluding hydrogens is 454 g/mol. The quantitative estimate of drug-likeness (QED) is 0.421. The number of benzene rings is 1. The van der Waals surface area contributed by atoms with Crippen LogP contribution in [0.25, 0.3) is 0 Å². The van der Waals surface area contributed by atoms with Crippen LogP contribution in [0.3, 0.4) is 0 Å². The number of alkyl carbamates (subject to hydrolysis) is 1. The molecule has 2 unspecified atom stereocenters. The van der Waals surface area contributed by atoms with Crippen LogP contribution < -0.4 is 10.6 Å². The predicted molar refractivity (Wildman–Crippen MR) is 146 cm³/mol. The molecule has 0 fully saturated rings. The fourth-order valence-corrected chi connectivity index (χ4v) is 4.09. The zero-order valence-electron chi connectivity index (χ0n) is 24.5. The van der Waals surface area contributed by atoms with E-state index >= 15 is 0 Å². The van der Waals surface area contributed by atoms with Crippen LogP contribution in [-0.2, 0) is 14.3 Å². The lowest BCUT2D eigenvalue weighted by atomic mass is 9.88. The molecule has 0 saturated heterocycles. The second-order valence-electron chi connectivity index (χ2n) is 12.1. The molecule has 0 aliphatic rings. The van der Waals surface area contributed by atoms with Gasteiger partial charge in [0.2, 0.25) is 11.8 Å². The highest BCUT2D eigenvalue weighted by molar-refractivity contribution is 5.93. The van der Waals surface area contributed by atoms with Gasteiger partial charge in [0.25, 0.3) is 0 Å². The summed E-state index contributed by atoms with van der Waals surface area (Å²) < 4.78 is 5.47. The molecule has 0 heterocycles. The van der Waals surface area contributed by atoms with E-state index in [9.17, 15) is 14.4 Å². The highest BCUT2D eigenvalue weighted by Crippen LogP contribution is 2.35. The minimum absolute atomic E-state index is 0.0989. The molecule has 0 aromatic heterocycles. The third kappa shape index (κ3) is 8.82. The number of hydrogen-bond donors (Lipinski definition) is 2. The Kier molecular flexibility index (Phi) is 11.0. The zero-order chi connectivity index (χ0) is 28.0. The monoisotopic (exact) mass is 503 g/mol. The zero-order valence-corrected chi connectivity index (χ0v) is 24.5. The molecule has 3 amide bonds. The summed E-state index contributed by atoms with van der Waals surface area (Å²) >= 11 is 0. The number of nitrogens with zero attached hydrogens (tertiary/aromatic N) is 1. The molecule has 2 atom stereocenters. The van der Waals surface area contributed by atoms with Crippen molar-refractivity contribution in [1.82, 2.24) is 15.5 Å². The Bertz CT molecular complexity index is 916. The lowest BCUT2D eigenvalue weighted by Crippen LogP contribution is -2.60. The number of hydrogen-bond acceptors (Lipinski definition) is 4. The summed E-state index contributed by atoms with van der Waals surface area (Å²) in [5.74, 6) is -0.413. The number of carbonyl (C=O) groups excluding carboxylic acids is 3. The first-order valence-corrected chi connectivity index (χ1v) is 13.1. The van der Waals surface area contributed by atoms with Gasteiger partial charge in [0.05, 0.1) is 0 Å². The second kappa shape index (κ2) is 12.6. The van der Waals surface area contributed by atoms with Gasteiger partial charge in [-0.05, 0) is 97.8 Å². The van der Waals surface area contributed by atoms with Crippen LogP contribution in [0.4, 0.5) is 4.79 Å². The van der Waals surface area contributed by atoms with Gasteiger partial charge in [-0.3, -0.25) is 9.59 Å². The Labute approximate surface area is 218 Å². The van der Waals surface area contributed by atoms with Crippen molar-refractivity contribution in [3.05, 3.63) is 34.9 Å².